The Morgan fingerprint density at radius 2 is 1.25 bits per heavy atom. The fourth-order valence-electron chi connectivity index (χ4n) is 2.79. The van der Waals surface area contributed by atoms with Gasteiger partial charge in [-0.2, -0.15) is 0 Å². The molecule has 0 aliphatic carbocycles. The topological polar surface area (TPSA) is 52.6 Å². The average molecular weight is 392 g/mol. The van der Waals surface area contributed by atoms with E-state index in [4.69, 9.17) is 9.47 Å². The summed E-state index contributed by atoms with van der Waals surface area (Å²) in [4.78, 5) is 25.5. The molecule has 0 heterocycles. The molecular weight excluding hydrogens is 372 g/mol. The van der Waals surface area contributed by atoms with Crippen LogP contribution in [-0.2, 0) is 9.59 Å². The van der Waals surface area contributed by atoms with Gasteiger partial charge in [-0.25, -0.2) is 9.59 Å². The lowest BCUT2D eigenvalue weighted by molar-refractivity contribution is -0.130. The van der Waals surface area contributed by atoms with Gasteiger partial charge < -0.3 is 9.47 Å². The van der Waals surface area contributed by atoms with Gasteiger partial charge in [0, 0.05) is 37.6 Å². The van der Waals surface area contributed by atoms with Crippen LogP contribution in [-0.4, -0.2) is 18.2 Å². The molecule has 0 aliphatic heterocycles. The van der Waals surface area contributed by atoms with Crippen molar-refractivity contribution < 1.29 is 19.1 Å². The molecule has 0 N–H and O–H groups in total. The number of ether oxygens (including phenoxy) is 2. The Balaban J connectivity index is 2.40. The first kappa shape index (κ1) is 19.7. The van der Waals surface area contributed by atoms with E-state index in [1.807, 2.05) is 48.7 Å². The highest BCUT2D eigenvalue weighted by Gasteiger charge is 2.20. The fourth-order valence-corrected chi connectivity index (χ4v) is 3.22. The maximum absolute atomic E-state index is 12.3. The predicted molar refractivity (Wildman–Crippen MR) is 114 cm³/mol. The Bertz CT molecular complexity index is 1140. The summed E-state index contributed by atoms with van der Waals surface area (Å²) in [6, 6.07) is 13.1. The van der Waals surface area contributed by atoms with Gasteiger partial charge in [0.15, 0.2) is 0 Å². The molecule has 142 valence electrons. The molecule has 0 spiro atoms. The van der Waals surface area contributed by atoms with Gasteiger partial charge in [-0.15, -0.1) is 11.8 Å². The van der Waals surface area contributed by atoms with E-state index in [2.05, 4.69) is 13.2 Å². The summed E-state index contributed by atoms with van der Waals surface area (Å²) < 4.78 is 11.4. The molecule has 5 heteroatoms. The maximum Gasteiger partial charge on any atom is 0.338 e. The van der Waals surface area contributed by atoms with E-state index in [0.29, 0.717) is 44.2 Å². The van der Waals surface area contributed by atoms with Crippen LogP contribution in [0.15, 0.2) is 71.7 Å². The number of hydrogen-bond donors (Lipinski definition) is 0. The summed E-state index contributed by atoms with van der Waals surface area (Å²) in [6.07, 6.45) is 1.96. The summed E-state index contributed by atoms with van der Waals surface area (Å²) in [6.45, 7) is 10.5. The summed E-state index contributed by atoms with van der Waals surface area (Å²) in [7, 11) is 0. The smallest absolute Gasteiger partial charge is 0.338 e. The SMILES string of the molecule is C=C(C)C(=O)Oc1c2ccccc2c(OC(=O)C(=C)C)c2cc(SC)ccc12. The molecule has 0 bridgehead atoms. The third kappa shape index (κ3) is 3.66. The highest BCUT2D eigenvalue weighted by molar-refractivity contribution is 7.98. The standard InChI is InChI=1S/C23H20O4S/c1-13(2)22(24)26-20-16-8-6-7-9-17(16)21(27-23(25)14(3)4)19-12-15(28-5)10-11-18(19)20/h6-12H,1,3H2,2,4-5H3. The number of benzene rings is 3. The van der Waals surface area contributed by atoms with Gasteiger partial charge in [-0.3, -0.25) is 0 Å². The van der Waals surface area contributed by atoms with Crippen LogP contribution >= 0.6 is 11.8 Å². The van der Waals surface area contributed by atoms with E-state index >= 15 is 0 Å². The second kappa shape index (κ2) is 7.90. The lowest BCUT2D eigenvalue weighted by atomic mass is 10.0. The molecule has 0 fully saturated rings. The van der Waals surface area contributed by atoms with Crippen molar-refractivity contribution in [1.29, 1.82) is 0 Å². The van der Waals surface area contributed by atoms with Crippen LogP contribution in [0.5, 0.6) is 11.5 Å². The molecule has 0 aromatic heterocycles. The Morgan fingerprint density at radius 1 is 0.786 bits per heavy atom. The molecule has 4 nitrogen and oxygen atoms in total. The molecule has 3 rings (SSSR count). The number of carbonyl (C=O) groups excluding carboxylic acids is 2. The van der Waals surface area contributed by atoms with Crippen molar-refractivity contribution >= 4 is 45.2 Å². The third-order valence-electron chi connectivity index (χ3n) is 4.22. The van der Waals surface area contributed by atoms with E-state index in [-0.39, 0.29) is 0 Å². The van der Waals surface area contributed by atoms with Crippen molar-refractivity contribution in [3.63, 3.8) is 0 Å². The minimum atomic E-state index is -0.507. The quantitative estimate of drug-likeness (QED) is 0.184. The number of rotatable bonds is 5. The third-order valence-corrected chi connectivity index (χ3v) is 4.94. The first-order valence-electron chi connectivity index (χ1n) is 8.61. The fraction of sp³-hybridized carbons (Fsp3) is 0.130. The lowest BCUT2D eigenvalue weighted by Crippen LogP contribution is -2.11. The van der Waals surface area contributed by atoms with E-state index < -0.39 is 11.9 Å². The molecule has 3 aromatic rings. The minimum absolute atomic E-state index is 0.302. The molecule has 0 amide bonds. The second-order valence-corrected chi connectivity index (χ2v) is 7.33. The predicted octanol–water partition coefficient (Wildman–Crippen LogP) is 5.68. The van der Waals surface area contributed by atoms with Crippen LogP contribution < -0.4 is 9.47 Å². The summed E-state index contributed by atoms with van der Waals surface area (Å²) >= 11 is 1.57. The first-order chi connectivity index (χ1) is 13.3. The Kier molecular flexibility index (Phi) is 5.56. The molecule has 0 aliphatic rings. The van der Waals surface area contributed by atoms with Crippen LogP contribution in [0.1, 0.15) is 13.8 Å². The van der Waals surface area contributed by atoms with Gasteiger partial charge in [0.2, 0.25) is 0 Å². The summed E-state index contributed by atoms with van der Waals surface area (Å²) in [5.41, 5.74) is 0.604. The van der Waals surface area contributed by atoms with Crippen LogP contribution in [0.3, 0.4) is 0 Å². The normalized spacial score (nSPS) is 10.7. The number of fused-ring (bicyclic) bond motifs is 2. The Labute approximate surface area is 167 Å². The van der Waals surface area contributed by atoms with Gasteiger partial charge in [0.25, 0.3) is 0 Å². The minimum Gasteiger partial charge on any atom is -0.422 e. The van der Waals surface area contributed by atoms with Crippen LogP contribution in [0.2, 0.25) is 0 Å². The number of esters is 2. The van der Waals surface area contributed by atoms with E-state index in [9.17, 15) is 9.59 Å². The van der Waals surface area contributed by atoms with Crippen molar-refractivity contribution in [1.82, 2.24) is 0 Å². The number of hydrogen-bond acceptors (Lipinski definition) is 5. The largest absolute Gasteiger partial charge is 0.422 e. The van der Waals surface area contributed by atoms with Gasteiger partial charge in [-0.05, 0) is 38.3 Å². The lowest BCUT2D eigenvalue weighted by Gasteiger charge is -2.17. The molecule has 3 aromatic carbocycles. The summed E-state index contributed by atoms with van der Waals surface area (Å²) in [5, 5.41) is 2.71. The molecule has 0 atom stereocenters. The average Bonchev–Trinajstić information content (AvgIpc) is 2.69. The van der Waals surface area contributed by atoms with Crippen molar-refractivity contribution in [2.45, 2.75) is 18.7 Å². The Hall–Kier alpha value is -3.05. The highest BCUT2D eigenvalue weighted by atomic mass is 32.2. The van der Waals surface area contributed by atoms with Crippen molar-refractivity contribution in [2.75, 3.05) is 6.26 Å². The highest BCUT2D eigenvalue weighted by Crippen LogP contribution is 2.44. The van der Waals surface area contributed by atoms with E-state index in [1.54, 1.807) is 25.6 Å². The zero-order valence-electron chi connectivity index (χ0n) is 16.0. The van der Waals surface area contributed by atoms with Crippen LogP contribution in [0.4, 0.5) is 0 Å². The molecule has 0 saturated carbocycles. The second-order valence-electron chi connectivity index (χ2n) is 6.46. The Morgan fingerprint density at radius 3 is 1.71 bits per heavy atom. The van der Waals surface area contributed by atoms with Gasteiger partial charge in [-0.1, -0.05) is 37.4 Å². The van der Waals surface area contributed by atoms with Crippen LogP contribution in [0.25, 0.3) is 21.5 Å². The summed E-state index contributed by atoms with van der Waals surface area (Å²) in [5.74, 6) is -0.175. The monoisotopic (exact) mass is 392 g/mol. The van der Waals surface area contributed by atoms with Crippen LogP contribution in [0, 0.1) is 0 Å². The molecule has 0 saturated heterocycles. The number of carbonyl (C=O) groups is 2. The molecule has 0 radical (unpaired) electrons. The number of thioether (sulfide) groups is 1. The van der Waals surface area contributed by atoms with Gasteiger partial charge in [0.1, 0.15) is 11.5 Å². The van der Waals surface area contributed by atoms with Gasteiger partial charge >= 0.3 is 11.9 Å². The zero-order valence-corrected chi connectivity index (χ0v) is 16.8. The van der Waals surface area contributed by atoms with Crippen molar-refractivity contribution in [3.05, 3.63) is 66.8 Å². The molecule has 0 unspecified atom stereocenters. The first-order valence-corrected chi connectivity index (χ1v) is 9.83. The molecular formula is C23H20O4S. The molecule has 28 heavy (non-hydrogen) atoms. The van der Waals surface area contributed by atoms with E-state index in [1.165, 1.54) is 0 Å². The van der Waals surface area contributed by atoms with Crippen molar-refractivity contribution in [3.8, 4) is 11.5 Å². The zero-order chi connectivity index (χ0) is 20.4. The van der Waals surface area contributed by atoms with Gasteiger partial charge in [0.05, 0.1) is 0 Å². The van der Waals surface area contributed by atoms with Crippen molar-refractivity contribution in [2.24, 2.45) is 0 Å². The van der Waals surface area contributed by atoms with E-state index in [0.717, 1.165) is 4.90 Å². The maximum atomic E-state index is 12.3.